The second kappa shape index (κ2) is 3.89. The van der Waals surface area contributed by atoms with Gasteiger partial charge in [-0.25, -0.2) is 0 Å². The van der Waals surface area contributed by atoms with E-state index in [2.05, 4.69) is 13.8 Å². The van der Waals surface area contributed by atoms with E-state index in [1.165, 1.54) is 6.42 Å². The first-order valence-corrected chi connectivity index (χ1v) is 4.76. The molecular weight excluding hydrogens is 136 g/mol. The maximum atomic E-state index is 11.4. The summed E-state index contributed by atoms with van der Waals surface area (Å²) in [5.41, 5.74) is 0. The minimum atomic E-state index is 0.413. The summed E-state index contributed by atoms with van der Waals surface area (Å²) in [6.45, 7) is 4.34. The largest absolute Gasteiger partial charge is 0.299 e. The molecule has 1 nitrogen and oxygen atoms in total. The molecule has 1 aliphatic rings. The van der Waals surface area contributed by atoms with Crippen LogP contribution in [0.25, 0.3) is 0 Å². The molecule has 0 saturated heterocycles. The summed E-state index contributed by atoms with van der Waals surface area (Å²) < 4.78 is 0. The molecule has 0 N–H and O–H groups in total. The minimum absolute atomic E-state index is 0.413. The minimum Gasteiger partial charge on any atom is -0.299 e. The van der Waals surface area contributed by atoms with Crippen molar-refractivity contribution in [2.75, 3.05) is 0 Å². The average Bonchev–Trinajstić information content (AvgIpc) is 1.95. The van der Waals surface area contributed by atoms with Gasteiger partial charge in [0, 0.05) is 12.3 Å². The maximum Gasteiger partial charge on any atom is 0.136 e. The van der Waals surface area contributed by atoms with E-state index in [-0.39, 0.29) is 0 Å². The lowest BCUT2D eigenvalue weighted by Gasteiger charge is -2.24. The van der Waals surface area contributed by atoms with Crippen LogP contribution in [0.3, 0.4) is 0 Å². The van der Waals surface area contributed by atoms with Gasteiger partial charge in [-0.2, -0.15) is 0 Å². The molecule has 0 aromatic carbocycles. The van der Waals surface area contributed by atoms with E-state index >= 15 is 0 Å². The number of hydrogen-bond acceptors (Lipinski definition) is 1. The van der Waals surface area contributed by atoms with E-state index in [1.54, 1.807) is 0 Å². The third-order valence-corrected chi connectivity index (χ3v) is 2.65. The summed E-state index contributed by atoms with van der Waals surface area (Å²) in [6.07, 6.45) is 5.52. The molecule has 0 aliphatic heterocycles. The van der Waals surface area contributed by atoms with E-state index in [1.807, 2.05) is 0 Å². The summed E-state index contributed by atoms with van der Waals surface area (Å²) in [5, 5.41) is 0. The Morgan fingerprint density at radius 1 is 1.45 bits per heavy atom. The Kier molecular flexibility index (Phi) is 3.10. The highest BCUT2D eigenvalue weighted by Gasteiger charge is 2.24. The number of carbonyl (C=O) groups is 1. The lowest BCUT2D eigenvalue weighted by molar-refractivity contribution is -0.126. The van der Waals surface area contributed by atoms with Gasteiger partial charge in [0.15, 0.2) is 0 Å². The second-order valence-electron chi connectivity index (χ2n) is 3.84. The fourth-order valence-electron chi connectivity index (χ4n) is 1.91. The van der Waals surface area contributed by atoms with E-state index in [0.29, 0.717) is 17.6 Å². The summed E-state index contributed by atoms with van der Waals surface area (Å²) in [7, 11) is 0. The molecule has 1 heteroatoms. The molecule has 2 atom stereocenters. The molecule has 0 amide bonds. The molecule has 0 bridgehead atoms. The third kappa shape index (κ3) is 2.32. The highest BCUT2D eigenvalue weighted by molar-refractivity contribution is 5.81. The molecule has 64 valence electrons. The number of Topliss-reactive ketones (excluding diaryl/α,β-unsaturated/α-hetero) is 1. The smallest absolute Gasteiger partial charge is 0.136 e. The Labute approximate surface area is 69.2 Å². The quantitative estimate of drug-likeness (QED) is 0.597. The van der Waals surface area contributed by atoms with Gasteiger partial charge in [0.2, 0.25) is 0 Å². The zero-order valence-corrected chi connectivity index (χ0v) is 7.60. The van der Waals surface area contributed by atoms with Gasteiger partial charge in [-0.1, -0.05) is 20.3 Å². The maximum absolute atomic E-state index is 11.4. The zero-order chi connectivity index (χ0) is 8.27. The van der Waals surface area contributed by atoms with Crippen LogP contribution in [0.15, 0.2) is 0 Å². The van der Waals surface area contributed by atoms with Crippen LogP contribution in [-0.2, 0) is 4.79 Å². The molecule has 11 heavy (non-hydrogen) atoms. The molecule has 2 unspecified atom stereocenters. The molecule has 1 fully saturated rings. The van der Waals surface area contributed by atoms with Gasteiger partial charge in [-0.15, -0.1) is 0 Å². The molecule has 1 rings (SSSR count). The van der Waals surface area contributed by atoms with Crippen LogP contribution < -0.4 is 0 Å². The fourth-order valence-corrected chi connectivity index (χ4v) is 1.91. The van der Waals surface area contributed by atoms with Crippen LogP contribution in [0.4, 0.5) is 0 Å². The predicted octanol–water partition coefficient (Wildman–Crippen LogP) is 2.79. The Morgan fingerprint density at radius 3 is 2.73 bits per heavy atom. The van der Waals surface area contributed by atoms with Gasteiger partial charge in [-0.05, 0) is 25.2 Å². The van der Waals surface area contributed by atoms with Crippen molar-refractivity contribution >= 4 is 5.78 Å². The Hall–Kier alpha value is -0.330. The van der Waals surface area contributed by atoms with Crippen LogP contribution in [0, 0.1) is 11.8 Å². The fraction of sp³-hybridized carbons (Fsp3) is 0.900. The van der Waals surface area contributed by atoms with Crippen molar-refractivity contribution in [3.8, 4) is 0 Å². The first-order valence-electron chi connectivity index (χ1n) is 4.76. The van der Waals surface area contributed by atoms with Crippen molar-refractivity contribution in [2.45, 2.75) is 46.0 Å². The summed E-state index contributed by atoms with van der Waals surface area (Å²) >= 11 is 0. The van der Waals surface area contributed by atoms with Crippen molar-refractivity contribution in [1.82, 2.24) is 0 Å². The Morgan fingerprint density at radius 2 is 2.18 bits per heavy atom. The lowest BCUT2D eigenvalue weighted by atomic mass is 9.80. The Balaban J connectivity index is 2.38. The molecule has 1 saturated carbocycles. The van der Waals surface area contributed by atoms with Crippen molar-refractivity contribution in [2.24, 2.45) is 11.8 Å². The van der Waals surface area contributed by atoms with E-state index in [0.717, 1.165) is 25.7 Å². The van der Waals surface area contributed by atoms with Gasteiger partial charge < -0.3 is 0 Å². The SMILES string of the molecule is CCCC1CCC(C)CC1=O. The van der Waals surface area contributed by atoms with Crippen molar-refractivity contribution < 1.29 is 4.79 Å². The summed E-state index contributed by atoms with van der Waals surface area (Å²) in [6, 6.07) is 0. The normalized spacial score (nSPS) is 32.4. The van der Waals surface area contributed by atoms with Crippen molar-refractivity contribution in [1.29, 1.82) is 0 Å². The summed E-state index contributed by atoms with van der Waals surface area (Å²) in [4.78, 5) is 11.4. The average molecular weight is 154 g/mol. The molecule has 0 aromatic rings. The van der Waals surface area contributed by atoms with E-state index in [9.17, 15) is 4.79 Å². The highest BCUT2D eigenvalue weighted by atomic mass is 16.1. The topological polar surface area (TPSA) is 17.1 Å². The van der Waals surface area contributed by atoms with Crippen LogP contribution in [0.1, 0.15) is 46.0 Å². The molecule has 1 aliphatic carbocycles. The predicted molar refractivity (Wildman–Crippen MR) is 46.4 cm³/mol. The number of carbonyl (C=O) groups excluding carboxylic acids is 1. The first kappa shape index (κ1) is 8.76. The van der Waals surface area contributed by atoms with Gasteiger partial charge in [0.1, 0.15) is 5.78 Å². The highest BCUT2D eigenvalue weighted by Crippen LogP contribution is 2.28. The first-order chi connectivity index (χ1) is 5.24. The van der Waals surface area contributed by atoms with Crippen molar-refractivity contribution in [3.63, 3.8) is 0 Å². The second-order valence-corrected chi connectivity index (χ2v) is 3.84. The molecular formula is C10H18O. The van der Waals surface area contributed by atoms with Crippen LogP contribution in [0.5, 0.6) is 0 Å². The lowest BCUT2D eigenvalue weighted by Crippen LogP contribution is -2.23. The van der Waals surface area contributed by atoms with E-state index in [4.69, 9.17) is 0 Å². The summed E-state index contributed by atoms with van der Waals surface area (Å²) in [5.74, 6) is 1.58. The molecule has 0 aromatic heterocycles. The van der Waals surface area contributed by atoms with Gasteiger partial charge >= 0.3 is 0 Å². The van der Waals surface area contributed by atoms with Gasteiger partial charge in [0.25, 0.3) is 0 Å². The van der Waals surface area contributed by atoms with Crippen LogP contribution in [-0.4, -0.2) is 5.78 Å². The molecule has 0 heterocycles. The third-order valence-electron chi connectivity index (χ3n) is 2.65. The number of rotatable bonds is 2. The van der Waals surface area contributed by atoms with Gasteiger partial charge in [0.05, 0.1) is 0 Å². The molecule has 0 radical (unpaired) electrons. The monoisotopic (exact) mass is 154 g/mol. The van der Waals surface area contributed by atoms with Crippen LogP contribution in [0.2, 0.25) is 0 Å². The number of hydrogen-bond donors (Lipinski definition) is 0. The van der Waals surface area contributed by atoms with E-state index < -0.39 is 0 Å². The molecule has 0 spiro atoms. The number of ketones is 1. The van der Waals surface area contributed by atoms with Crippen molar-refractivity contribution in [3.05, 3.63) is 0 Å². The van der Waals surface area contributed by atoms with Gasteiger partial charge in [-0.3, -0.25) is 4.79 Å². The Bertz CT molecular complexity index is 140. The standard InChI is InChI=1S/C10H18O/c1-3-4-9-6-5-8(2)7-10(9)11/h8-9H,3-7H2,1-2H3. The zero-order valence-electron chi connectivity index (χ0n) is 7.60. The van der Waals surface area contributed by atoms with Crippen LogP contribution >= 0.6 is 0 Å².